The molecule has 1 aliphatic carbocycles. The molecule has 0 aromatic carbocycles. The van der Waals surface area contributed by atoms with E-state index in [2.05, 4.69) is 14.8 Å². The predicted molar refractivity (Wildman–Crippen MR) is 76.6 cm³/mol. The summed E-state index contributed by atoms with van der Waals surface area (Å²) in [5.74, 6) is -0.662. The molecule has 0 atom stereocenters. The van der Waals surface area contributed by atoms with Gasteiger partial charge in [0.05, 0.1) is 17.2 Å². The third-order valence-corrected chi connectivity index (χ3v) is 6.12. The number of carbonyl (C=O) groups is 1. The number of thiazole rings is 1. The van der Waals surface area contributed by atoms with E-state index in [0.717, 1.165) is 30.6 Å². The number of aromatic nitrogens is 3. The van der Waals surface area contributed by atoms with Crippen molar-refractivity contribution in [2.45, 2.75) is 36.4 Å². The first-order valence-corrected chi connectivity index (χ1v) is 8.80. The van der Waals surface area contributed by atoms with Gasteiger partial charge in [0.25, 0.3) is 15.9 Å². The molecule has 1 aliphatic rings. The first-order valence-electron chi connectivity index (χ1n) is 6.50. The van der Waals surface area contributed by atoms with E-state index in [-0.39, 0.29) is 15.9 Å². The van der Waals surface area contributed by atoms with Crippen LogP contribution < -0.4 is 4.72 Å². The monoisotopic (exact) mass is 326 g/mol. The Balaban J connectivity index is 1.82. The Morgan fingerprint density at radius 1 is 1.48 bits per heavy atom. The van der Waals surface area contributed by atoms with E-state index >= 15 is 0 Å². The molecule has 2 heterocycles. The van der Waals surface area contributed by atoms with E-state index in [0.29, 0.717) is 5.01 Å². The highest BCUT2D eigenvalue weighted by Crippen LogP contribution is 2.31. The molecule has 0 radical (unpaired) electrons. The van der Waals surface area contributed by atoms with Gasteiger partial charge in [-0.25, -0.2) is 18.1 Å². The first-order chi connectivity index (χ1) is 9.97. The van der Waals surface area contributed by atoms with Crippen LogP contribution in [-0.2, 0) is 10.0 Å². The van der Waals surface area contributed by atoms with E-state index in [1.165, 1.54) is 18.5 Å². The molecule has 0 bridgehead atoms. The van der Waals surface area contributed by atoms with Crippen molar-refractivity contribution in [3.63, 3.8) is 0 Å². The smallest absolute Gasteiger partial charge is 0.266 e. The fourth-order valence-corrected chi connectivity index (χ4v) is 4.18. The second-order valence-electron chi connectivity index (χ2n) is 4.88. The standard InChI is InChI=1S/C12H14N4O3S2/c1-8-13-7-11(20-8)21(18,19)15-12(17)10-5-6-14-16(10)9-3-2-4-9/h5-7,9H,2-4H2,1H3,(H,15,17). The minimum absolute atomic E-state index is 0.0306. The molecule has 1 fully saturated rings. The van der Waals surface area contributed by atoms with Crippen molar-refractivity contribution in [2.75, 3.05) is 0 Å². The van der Waals surface area contributed by atoms with Crippen LogP contribution in [0.1, 0.15) is 40.8 Å². The molecule has 1 saturated carbocycles. The van der Waals surface area contributed by atoms with Gasteiger partial charge < -0.3 is 0 Å². The van der Waals surface area contributed by atoms with Gasteiger partial charge in [0.15, 0.2) is 4.21 Å². The lowest BCUT2D eigenvalue weighted by atomic mass is 9.93. The molecule has 3 rings (SSSR count). The average molecular weight is 326 g/mol. The molecule has 21 heavy (non-hydrogen) atoms. The third kappa shape index (κ3) is 2.70. The number of sulfonamides is 1. The van der Waals surface area contributed by atoms with Crippen molar-refractivity contribution < 1.29 is 13.2 Å². The summed E-state index contributed by atoms with van der Waals surface area (Å²) in [5, 5.41) is 4.74. The highest BCUT2D eigenvalue weighted by molar-refractivity contribution is 7.92. The predicted octanol–water partition coefficient (Wildman–Crippen LogP) is 1.49. The molecule has 112 valence electrons. The van der Waals surface area contributed by atoms with Gasteiger partial charge in [0.1, 0.15) is 5.69 Å². The highest BCUT2D eigenvalue weighted by atomic mass is 32.2. The third-order valence-electron chi connectivity index (χ3n) is 3.42. The van der Waals surface area contributed by atoms with Crippen LogP contribution in [0.4, 0.5) is 0 Å². The van der Waals surface area contributed by atoms with Crippen LogP contribution in [0, 0.1) is 6.92 Å². The van der Waals surface area contributed by atoms with Gasteiger partial charge in [-0.05, 0) is 32.3 Å². The molecule has 1 amide bonds. The average Bonchev–Trinajstić information content (AvgIpc) is 2.95. The zero-order valence-electron chi connectivity index (χ0n) is 11.3. The Morgan fingerprint density at radius 2 is 2.24 bits per heavy atom. The fourth-order valence-electron chi connectivity index (χ4n) is 2.11. The van der Waals surface area contributed by atoms with Crippen molar-refractivity contribution in [3.05, 3.63) is 29.2 Å². The van der Waals surface area contributed by atoms with Crippen molar-refractivity contribution in [2.24, 2.45) is 0 Å². The Kier molecular flexibility index (Phi) is 3.54. The van der Waals surface area contributed by atoms with Crippen LogP contribution in [0.15, 0.2) is 22.7 Å². The SMILES string of the molecule is Cc1ncc(S(=O)(=O)NC(=O)c2ccnn2C2CCC2)s1. The molecule has 0 unspecified atom stereocenters. The highest BCUT2D eigenvalue weighted by Gasteiger charge is 2.27. The number of aryl methyl sites for hydroxylation is 1. The summed E-state index contributed by atoms with van der Waals surface area (Å²) in [5.41, 5.74) is 0.268. The van der Waals surface area contributed by atoms with Gasteiger partial charge in [-0.15, -0.1) is 11.3 Å². The Bertz CT molecular complexity index is 774. The van der Waals surface area contributed by atoms with E-state index in [9.17, 15) is 13.2 Å². The maximum atomic E-state index is 12.2. The molecule has 0 spiro atoms. The molecule has 0 aliphatic heterocycles. The number of nitrogens with zero attached hydrogens (tertiary/aromatic N) is 3. The molecule has 2 aromatic rings. The van der Waals surface area contributed by atoms with E-state index in [4.69, 9.17) is 0 Å². The molecule has 1 N–H and O–H groups in total. The summed E-state index contributed by atoms with van der Waals surface area (Å²) in [6.07, 6.45) is 5.78. The summed E-state index contributed by atoms with van der Waals surface area (Å²) >= 11 is 1.02. The maximum absolute atomic E-state index is 12.2. The molecule has 9 heteroatoms. The van der Waals surface area contributed by atoms with Gasteiger partial charge in [-0.1, -0.05) is 0 Å². The van der Waals surface area contributed by atoms with Crippen molar-refractivity contribution >= 4 is 27.3 Å². The Hall–Kier alpha value is -1.74. The Labute approximate surface area is 126 Å². The van der Waals surface area contributed by atoms with Crippen LogP contribution in [0.5, 0.6) is 0 Å². The number of hydrogen-bond donors (Lipinski definition) is 1. The number of hydrogen-bond acceptors (Lipinski definition) is 6. The fraction of sp³-hybridized carbons (Fsp3) is 0.417. The molecule has 0 saturated heterocycles. The summed E-state index contributed by atoms with van der Waals surface area (Å²) in [6, 6.07) is 1.72. The van der Waals surface area contributed by atoms with Crippen LogP contribution >= 0.6 is 11.3 Å². The lowest BCUT2D eigenvalue weighted by Gasteiger charge is -2.27. The largest absolute Gasteiger partial charge is 0.283 e. The first kappa shape index (κ1) is 14.2. The van der Waals surface area contributed by atoms with Crippen molar-refractivity contribution in [3.8, 4) is 0 Å². The zero-order chi connectivity index (χ0) is 15.0. The summed E-state index contributed by atoms with van der Waals surface area (Å²) < 4.78 is 28.0. The molecule has 7 nitrogen and oxygen atoms in total. The summed E-state index contributed by atoms with van der Waals surface area (Å²) in [6.45, 7) is 1.71. The quantitative estimate of drug-likeness (QED) is 0.918. The lowest BCUT2D eigenvalue weighted by molar-refractivity contribution is 0.0963. The van der Waals surface area contributed by atoms with Crippen LogP contribution in [0.3, 0.4) is 0 Å². The van der Waals surface area contributed by atoms with Gasteiger partial charge in [0.2, 0.25) is 0 Å². The minimum Gasteiger partial charge on any atom is -0.266 e. The summed E-state index contributed by atoms with van der Waals surface area (Å²) in [7, 11) is -3.88. The summed E-state index contributed by atoms with van der Waals surface area (Å²) in [4.78, 5) is 16.1. The van der Waals surface area contributed by atoms with E-state index < -0.39 is 15.9 Å². The number of rotatable bonds is 4. The normalized spacial score (nSPS) is 15.7. The second kappa shape index (κ2) is 5.23. The lowest BCUT2D eigenvalue weighted by Crippen LogP contribution is -2.33. The zero-order valence-corrected chi connectivity index (χ0v) is 12.9. The number of carbonyl (C=O) groups excluding carboxylic acids is 1. The van der Waals surface area contributed by atoms with Crippen LogP contribution in [0.2, 0.25) is 0 Å². The Morgan fingerprint density at radius 3 is 2.81 bits per heavy atom. The number of nitrogens with one attached hydrogen (secondary N) is 1. The van der Waals surface area contributed by atoms with Gasteiger partial charge in [-0.3, -0.25) is 9.48 Å². The minimum atomic E-state index is -3.88. The van der Waals surface area contributed by atoms with Crippen molar-refractivity contribution in [1.29, 1.82) is 0 Å². The molecule has 2 aromatic heterocycles. The van der Waals surface area contributed by atoms with E-state index in [1.807, 2.05) is 0 Å². The van der Waals surface area contributed by atoms with Gasteiger partial charge in [-0.2, -0.15) is 5.10 Å². The molecular formula is C12H14N4O3S2. The topological polar surface area (TPSA) is 93.9 Å². The van der Waals surface area contributed by atoms with Crippen molar-refractivity contribution in [1.82, 2.24) is 19.5 Å². The molecular weight excluding hydrogens is 312 g/mol. The van der Waals surface area contributed by atoms with Gasteiger partial charge >= 0.3 is 0 Å². The number of amides is 1. The van der Waals surface area contributed by atoms with Crippen LogP contribution in [0.25, 0.3) is 0 Å². The van der Waals surface area contributed by atoms with E-state index in [1.54, 1.807) is 11.6 Å². The van der Waals surface area contributed by atoms with Gasteiger partial charge in [0, 0.05) is 6.20 Å². The maximum Gasteiger partial charge on any atom is 0.283 e. The van der Waals surface area contributed by atoms with Crippen LogP contribution in [-0.4, -0.2) is 29.1 Å². The second-order valence-corrected chi connectivity index (χ2v) is 8.02.